The Kier molecular flexibility index (Phi) is 3.62. The fourth-order valence-corrected chi connectivity index (χ4v) is 2.93. The van der Waals surface area contributed by atoms with Crippen molar-refractivity contribution in [3.8, 4) is 0 Å². The summed E-state index contributed by atoms with van der Waals surface area (Å²) in [6.45, 7) is -0.242. The van der Waals surface area contributed by atoms with Gasteiger partial charge in [-0.2, -0.15) is 0 Å². The molecule has 0 radical (unpaired) electrons. The van der Waals surface area contributed by atoms with Gasteiger partial charge in [0.15, 0.2) is 0 Å². The van der Waals surface area contributed by atoms with E-state index in [1.165, 1.54) is 0 Å². The maximum atomic E-state index is 12.0. The van der Waals surface area contributed by atoms with Crippen LogP contribution in [-0.4, -0.2) is 34.3 Å². The minimum Gasteiger partial charge on any atom is -0.324 e. The molecule has 1 heterocycles. The van der Waals surface area contributed by atoms with E-state index in [0.29, 0.717) is 5.69 Å². The minimum absolute atomic E-state index is 0.111. The minimum atomic E-state index is -0.379. The van der Waals surface area contributed by atoms with Crippen LogP contribution in [0.3, 0.4) is 0 Å². The Morgan fingerprint density at radius 1 is 1.14 bits per heavy atom. The van der Waals surface area contributed by atoms with Crippen LogP contribution in [0.4, 0.5) is 10.5 Å². The molecule has 0 unspecified atom stereocenters. The number of nitrogens with one attached hydrogen (secondary N) is 1. The standard InChI is InChI=1S/C15H12N2O3S/c18-13(8-17-14(19)9-21-15(17)20)16-12-7-3-5-10-4-1-2-6-11(10)12/h1-7H,8-9H2,(H,16,18). The molecule has 1 saturated heterocycles. The smallest absolute Gasteiger partial charge is 0.289 e. The zero-order valence-electron chi connectivity index (χ0n) is 11.0. The predicted molar refractivity (Wildman–Crippen MR) is 82.1 cm³/mol. The van der Waals surface area contributed by atoms with E-state index in [2.05, 4.69) is 5.32 Å². The zero-order valence-corrected chi connectivity index (χ0v) is 11.9. The molecule has 3 rings (SSSR count). The molecule has 0 spiro atoms. The van der Waals surface area contributed by atoms with Crippen molar-refractivity contribution in [2.24, 2.45) is 0 Å². The topological polar surface area (TPSA) is 66.5 Å². The van der Waals surface area contributed by atoms with Crippen molar-refractivity contribution in [2.45, 2.75) is 0 Å². The molecule has 2 aromatic carbocycles. The fourth-order valence-electron chi connectivity index (χ4n) is 2.20. The van der Waals surface area contributed by atoms with Gasteiger partial charge in [0, 0.05) is 11.1 Å². The monoisotopic (exact) mass is 300 g/mol. The third-order valence-corrected chi connectivity index (χ3v) is 4.06. The van der Waals surface area contributed by atoms with Crippen LogP contribution in [0, 0.1) is 0 Å². The highest BCUT2D eigenvalue weighted by molar-refractivity contribution is 8.14. The van der Waals surface area contributed by atoms with Crippen molar-refractivity contribution < 1.29 is 14.4 Å². The number of carbonyl (C=O) groups excluding carboxylic acids is 3. The van der Waals surface area contributed by atoms with Gasteiger partial charge in [-0.3, -0.25) is 19.3 Å². The molecule has 2 aromatic rings. The van der Waals surface area contributed by atoms with Gasteiger partial charge in [0.25, 0.3) is 5.24 Å². The summed E-state index contributed by atoms with van der Waals surface area (Å²) in [7, 11) is 0. The summed E-state index contributed by atoms with van der Waals surface area (Å²) in [6, 6.07) is 13.3. The highest BCUT2D eigenvalue weighted by atomic mass is 32.2. The number of imide groups is 1. The Morgan fingerprint density at radius 3 is 2.67 bits per heavy atom. The SMILES string of the molecule is O=C(CN1C(=O)CSC1=O)Nc1cccc2ccccc12. The van der Waals surface area contributed by atoms with E-state index >= 15 is 0 Å². The Morgan fingerprint density at radius 2 is 1.90 bits per heavy atom. The van der Waals surface area contributed by atoms with Crippen LogP contribution < -0.4 is 5.32 Å². The highest BCUT2D eigenvalue weighted by Crippen LogP contribution is 2.23. The molecule has 0 atom stereocenters. The third kappa shape index (κ3) is 2.75. The lowest BCUT2D eigenvalue weighted by Gasteiger charge is -2.13. The first-order valence-corrected chi connectivity index (χ1v) is 7.38. The van der Waals surface area contributed by atoms with Gasteiger partial charge < -0.3 is 5.32 Å². The van der Waals surface area contributed by atoms with Crippen LogP contribution in [0.5, 0.6) is 0 Å². The first-order valence-electron chi connectivity index (χ1n) is 6.40. The number of anilines is 1. The van der Waals surface area contributed by atoms with E-state index in [0.717, 1.165) is 27.4 Å². The fraction of sp³-hybridized carbons (Fsp3) is 0.133. The van der Waals surface area contributed by atoms with Gasteiger partial charge in [0.1, 0.15) is 6.54 Å². The van der Waals surface area contributed by atoms with Crippen LogP contribution >= 0.6 is 11.8 Å². The number of fused-ring (bicyclic) bond motifs is 1. The molecule has 0 bridgehead atoms. The average molecular weight is 300 g/mol. The lowest BCUT2D eigenvalue weighted by Crippen LogP contribution is -2.36. The molecule has 1 aliphatic heterocycles. The van der Waals surface area contributed by atoms with Crippen LogP contribution in [-0.2, 0) is 9.59 Å². The summed E-state index contributed by atoms with van der Waals surface area (Å²) >= 11 is 0.922. The third-order valence-electron chi connectivity index (χ3n) is 3.21. The molecule has 6 heteroatoms. The Balaban J connectivity index is 1.78. The molecule has 0 saturated carbocycles. The van der Waals surface area contributed by atoms with Gasteiger partial charge in [0.05, 0.1) is 5.75 Å². The number of nitrogens with zero attached hydrogens (tertiary/aromatic N) is 1. The van der Waals surface area contributed by atoms with Crippen LogP contribution in [0.25, 0.3) is 10.8 Å². The maximum Gasteiger partial charge on any atom is 0.289 e. The van der Waals surface area contributed by atoms with E-state index in [9.17, 15) is 14.4 Å². The summed E-state index contributed by atoms with van der Waals surface area (Å²) < 4.78 is 0. The summed E-state index contributed by atoms with van der Waals surface area (Å²) in [5.74, 6) is -0.589. The molecule has 1 N–H and O–H groups in total. The first kappa shape index (κ1) is 13.6. The number of hydrogen-bond acceptors (Lipinski definition) is 4. The lowest BCUT2D eigenvalue weighted by atomic mass is 10.1. The molecule has 1 fully saturated rings. The lowest BCUT2D eigenvalue weighted by molar-refractivity contribution is -0.128. The van der Waals surface area contributed by atoms with Gasteiger partial charge in [-0.15, -0.1) is 0 Å². The molecular weight excluding hydrogens is 288 g/mol. The summed E-state index contributed by atoms with van der Waals surface area (Å²) in [5, 5.41) is 4.32. The number of benzene rings is 2. The average Bonchev–Trinajstić information content (AvgIpc) is 2.79. The molecule has 21 heavy (non-hydrogen) atoms. The molecular formula is C15H12N2O3S. The van der Waals surface area contributed by atoms with E-state index in [1.807, 2.05) is 36.4 Å². The zero-order chi connectivity index (χ0) is 14.8. The second-order valence-corrected chi connectivity index (χ2v) is 5.54. The van der Waals surface area contributed by atoms with Crippen molar-refractivity contribution in [1.82, 2.24) is 4.90 Å². The van der Waals surface area contributed by atoms with Crippen molar-refractivity contribution in [1.29, 1.82) is 0 Å². The van der Waals surface area contributed by atoms with E-state index < -0.39 is 0 Å². The van der Waals surface area contributed by atoms with Gasteiger partial charge in [-0.1, -0.05) is 48.2 Å². The van der Waals surface area contributed by atoms with Gasteiger partial charge in [-0.25, -0.2) is 0 Å². The van der Waals surface area contributed by atoms with Gasteiger partial charge in [-0.05, 0) is 11.5 Å². The second-order valence-electron chi connectivity index (χ2n) is 4.61. The number of hydrogen-bond donors (Lipinski definition) is 1. The van der Waals surface area contributed by atoms with Crippen molar-refractivity contribution in [3.63, 3.8) is 0 Å². The Bertz CT molecular complexity index is 723. The largest absolute Gasteiger partial charge is 0.324 e. The molecule has 5 nitrogen and oxygen atoms in total. The van der Waals surface area contributed by atoms with Gasteiger partial charge in [0.2, 0.25) is 11.8 Å². The van der Waals surface area contributed by atoms with Gasteiger partial charge >= 0.3 is 0 Å². The number of thioether (sulfide) groups is 1. The quantitative estimate of drug-likeness (QED) is 0.945. The molecule has 3 amide bonds. The van der Waals surface area contributed by atoms with Crippen molar-refractivity contribution >= 4 is 45.3 Å². The van der Waals surface area contributed by atoms with Crippen molar-refractivity contribution in [2.75, 3.05) is 17.6 Å². The number of amides is 3. The molecule has 1 aliphatic rings. The molecule has 106 valence electrons. The first-order chi connectivity index (χ1) is 10.1. The van der Waals surface area contributed by atoms with E-state index in [4.69, 9.17) is 0 Å². The maximum absolute atomic E-state index is 12.0. The summed E-state index contributed by atoms with van der Waals surface area (Å²) in [6.07, 6.45) is 0. The number of rotatable bonds is 3. The van der Waals surface area contributed by atoms with Crippen molar-refractivity contribution in [3.05, 3.63) is 42.5 Å². The normalized spacial score (nSPS) is 14.8. The molecule has 0 aromatic heterocycles. The van der Waals surface area contributed by atoms with E-state index in [-0.39, 0.29) is 29.4 Å². The van der Waals surface area contributed by atoms with E-state index in [1.54, 1.807) is 6.07 Å². The Labute approximate surface area is 125 Å². The van der Waals surface area contributed by atoms with Crippen LogP contribution in [0.15, 0.2) is 42.5 Å². The predicted octanol–water partition coefficient (Wildman–Crippen LogP) is 2.47. The molecule has 0 aliphatic carbocycles. The summed E-state index contributed by atoms with van der Waals surface area (Å²) in [5.41, 5.74) is 0.671. The number of carbonyl (C=O) groups is 3. The second kappa shape index (κ2) is 5.57. The summed E-state index contributed by atoms with van der Waals surface area (Å²) in [4.78, 5) is 36.0. The van der Waals surface area contributed by atoms with Crippen LogP contribution in [0.1, 0.15) is 0 Å². The van der Waals surface area contributed by atoms with Crippen LogP contribution in [0.2, 0.25) is 0 Å². The highest BCUT2D eigenvalue weighted by Gasteiger charge is 2.31. The Hall–Kier alpha value is -2.34.